The van der Waals surface area contributed by atoms with Crippen molar-refractivity contribution in [2.75, 3.05) is 6.61 Å². The largest absolute Gasteiger partial charge is 0.378 e. The highest BCUT2D eigenvalue weighted by Crippen LogP contribution is 2.34. The Bertz CT molecular complexity index is 336. The number of rotatable bonds is 15. The minimum absolute atomic E-state index is 0.590. The Balaban J connectivity index is 1.43. The van der Waals surface area contributed by atoms with Gasteiger partial charge in [-0.2, -0.15) is 0 Å². The Morgan fingerprint density at radius 1 is 0.500 bits per heavy atom. The predicted octanol–water partition coefficient (Wildman–Crippen LogP) is 9.09. The van der Waals surface area contributed by atoms with Crippen LogP contribution in [-0.2, 0) is 4.74 Å². The van der Waals surface area contributed by atoms with Crippen LogP contribution in [-0.4, -0.2) is 12.7 Å². The number of unbranched alkanes of at least 4 members (excludes halogenated alkanes) is 8. The van der Waals surface area contributed by atoms with Crippen molar-refractivity contribution < 1.29 is 4.74 Å². The van der Waals surface area contributed by atoms with E-state index in [9.17, 15) is 0 Å². The Morgan fingerprint density at radius 3 is 1.54 bits per heavy atom. The molecule has 0 heterocycles. The lowest BCUT2D eigenvalue weighted by atomic mass is 9.80. The molecule has 2 saturated carbocycles. The SMILES string of the molecule is CCCCCCCCCC1CCC(OCC2CCC(CCCCC)CC2)CC1. The fourth-order valence-electron chi connectivity index (χ4n) is 5.62. The summed E-state index contributed by atoms with van der Waals surface area (Å²) in [6.07, 6.45) is 29.4. The van der Waals surface area contributed by atoms with Crippen LogP contribution in [0.3, 0.4) is 0 Å². The maximum absolute atomic E-state index is 6.39. The molecule has 0 aliphatic heterocycles. The summed E-state index contributed by atoms with van der Waals surface area (Å²) in [6, 6.07) is 0. The first-order chi connectivity index (χ1) is 13.8. The molecule has 0 saturated heterocycles. The van der Waals surface area contributed by atoms with Crippen LogP contribution in [0.5, 0.6) is 0 Å². The third kappa shape index (κ3) is 10.7. The van der Waals surface area contributed by atoms with Gasteiger partial charge in [0, 0.05) is 6.61 Å². The number of ether oxygens (including phenoxy) is 1. The van der Waals surface area contributed by atoms with Crippen LogP contribution < -0.4 is 0 Å². The highest BCUT2D eigenvalue weighted by atomic mass is 16.5. The highest BCUT2D eigenvalue weighted by molar-refractivity contribution is 4.76. The van der Waals surface area contributed by atoms with Crippen molar-refractivity contribution in [1.29, 1.82) is 0 Å². The molecule has 0 amide bonds. The van der Waals surface area contributed by atoms with Gasteiger partial charge in [-0.3, -0.25) is 0 Å². The van der Waals surface area contributed by atoms with E-state index in [1.807, 2.05) is 0 Å². The molecule has 0 radical (unpaired) electrons. The Hall–Kier alpha value is -0.0400. The van der Waals surface area contributed by atoms with E-state index in [1.54, 1.807) is 0 Å². The van der Waals surface area contributed by atoms with Crippen LogP contribution in [0.25, 0.3) is 0 Å². The maximum Gasteiger partial charge on any atom is 0.0575 e. The van der Waals surface area contributed by atoms with Crippen LogP contribution in [0.1, 0.15) is 142 Å². The quantitative estimate of drug-likeness (QED) is 0.252. The minimum Gasteiger partial charge on any atom is -0.378 e. The molecule has 1 nitrogen and oxygen atoms in total. The standard InChI is InChI=1S/C27H52O/c1-3-5-7-8-9-10-12-14-25-19-21-27(22-20-25)28-23-26-17-15-24(16-18-26)13-11-6-4-2/h24-27H,3-23H2,1-2H3. The highest BCUT2D eigenvalue weighted by Gasteiger charge is 2.24. The zero-order chi connectivity index (χ0) is 19.9. The van der Waals surface area contributed by atoms with Gasteiger partial charge in [0.25, 0.3) is 0 Å². The monoisotopic (exact) mass is 392 g/mol. The first-order valence-electron chi connectivity index (χ1n) is 13.4. The lowest BCUT2D eigenvalue weighted by Crippen LogP contribution is -2.26. The van der Waals surface area contributed by atoms with E-state index in [0.717, 1.165) is 24.4 Å². The topological polar surface area (TPSA) is 9.23 Å². The summed E-state index contributed by atoms with van der Waals surface area (Å²) in [7, 11) is 0. The molecular weight excluding hydrogens is 340 g/mol. The summed E-state index contributed by atoms with van der Waals surface area (Å²) in [4.78, 5) is 0. The molecule has 0 aromatic rings. The predicted molar refractivity (Wildman–Crippen MR) is 124 cm³/mol. The zero-order valence-corrected chi connectivity index (χ0v) is 19.6. The van der Waals surface area contributed by atoms with Crippen LogP contribution in [0.2, 0.25) is 0 Å². The third-order valence-electron chi connectivity index (χ3n) is 7.76. The third-order valence-corrected chi connectivity index (χ3v) is 7.76. The lowest BCUT2D eigenvalue weighted by molar-refractivity contribution is -0.0104. The van der Waals surface area contributed by atoms with Gasteiger partial charge < -0.3 is 4.74 Å². The average molecular weight is 393 g/mol. The van der Waals surface area contributed by atoms with Crippen molar-refractivity contribution in [3.05, 3.63) is 0 Å². The summed E-state index contributed by atoms with van der Waals surface area (Å²) in [6.45, 7) is 5.69. The molecule has 1 heteroatoms. The molecule has 2 aliphatic carbocycles. The summed E-state index contributed by atoms with van der Waals surface area (Å²) < 4.78 is 6.39. The van der Waals surface area contributed by atoms with E-state index in [4.69, 9.17) is 4.74 Å². The zero-order valence-electron chi connectivity index (χ0n) is 19.6. The van der Waals surface area contributed by atoms with Gasteiger partial charge >= 0.3 is 0 Å². The van der Waals surface area contributed by atoms with E-state index >= 15 is 0 Å². The molecule has 0 atom stereocenters. The van der Waals surface area contributed by atoms with Gasteiger partial charge in [-0.15, -0.1) is 0 Å². The maximum atomic E-state index is 6.39. The van der Waals surface area contributed by atoms with Crippen molar-refractivity contribution in [3.63, 3.8) is 0 Å². The second-order valence-electron chi connectivity index (χ2n) is 10.3. The van der Waals surface area contributed by atoms with Gasteiger partial charge in [0.05, 0.1) is 6.10 Å². The molecule has 0 aromatic carbocycles. The van der Waals surface area contributed by atoms with Crippen LogP contribution in [0.4, 0.5) is 0 Å². The molecule has 2 aliphatic rings. The molecule has 2 fully saturated rings. The Morgan fingerprint density at radius 2 is 0.929 bits per heavy atom. The first-order valence-corrected chi connectivity index (χ1v) is 13.4. The van der Waals surface area contributed by atoms with Gasteiger partial charge in [0.2, 0.25) is 0 Å². The molecule has 0 N–H and O–H groups in total. The number of hydrogen-bond acceptors (Lipinski definition) is 1. The van der Waals surface area contributed by atoms with Gasteiger partial charge in [0.1, 0.15) is 0 Å². The first kappa shape index (κ1) is 24.2. The number of hydrogen-bond donors (Lipinski definition) is 0. The lowest BCUT2D eigenvalue weighted by Gasteiger charge is -2.32. The molecule has 166 valence electrons. The molecular formula is C27H52O. The molecule has 0 unspecified atom stereocenters. The average Bonchev–Trinajstić information content (AvgIpc) is 2.73. The summed E-state index contributed by atoms with van der Waals surface area (Å²) in [5, 5.41) is 0. The van der Waals surface area contributed by atoms with Gasteiger partial charge in [-0.1, -0.05) is 104 Å². The van der Waals surface area contributed by atoms with Crippen molar-refractivity contribution >= 4 is 0 Å². The fraction of sp³-hybridized carbons (Fsp3) is 1.00. The fourth-order valence-corrected chi connectivity index (χ4v) is 5.62. The summed E-state index contributed by atoms with van der Waals surface area (Å²) in [5.74, 6) is 2.91. The Kier molecular flexibility index (Phi) is 13.6. The molecule has 0 spiro atoms. The van der Waals surface area contributed by atoms with E-state index in [2.05, 4.69) is 13.8 Å². The van der Waals surface area contributed by atoms with Crippen LogP contribution in [0, 0.1) is 17.8 Å². The van der Waals surface area contributed by atoms with Gasteiger partial charge in [0.15, 0.2) is 0 Å². The van der Waals surface area contributed by atoms with Crippen molar-refractivity contribution in [2.45, 2.75) is 148 Å². The molecule has 28 heavy (non-hydrogen) atoms. The second kappa shape index (κ2) is 15.8. The molecule has 2 rings (SSSR count). The van der Waals surface area contributed by atoms with Crippen LogP contribution >= 0.6 is 0 Å². The van der Waals surface area contributed by atoms with Crippen LogP contribution in [0.15, 0.2) is 0 Å². The minimum atomic E-state index is 0.590. The summed E-state index contributed by atoms with van der Waals surface area (Å²) >= 11 is 0. The van der Waals surface area contributed by atoms with E-state index in [-0.39, 0.29) is 0 Å². The summed E-state index contributed by atoms with van der Waals surface area (Å²) in [5.41, 5.74) is 0. The van der Waals surface area contributed by atoms with Gasteiger partial charge in [-0.05, 0) is 56.3 Å². The van der Waals surface area contributed by atoms with Crippen molar-refractivity contribution in [3.8, 4) is 0 Å². The molecule has 0 aromatic heterocycles. The van der Waals surface area contributed by atoms with Crippen molar-refractivity contribution in [1.82, 2.24) is 0 Å². The van der Waals surface area contributed by atoms with E-state index in [0.29, 0.717) is 6.10 Å². The Labute approximate surface area is 177 Å². The van der Waals surface area contributed by atoms with Crippen molar-refractivity contribution in [2.24, 2.45) is 17.8 Å². The second-order valence-corrected chi connectivity index (χ2v) is 10.3. The molecule has 0 bridgehead atoms. The van der Waals surface area contributed by atoms with E-state index in [1.165, 1.54) is 128 Å². The smallest absolute Gasteiger partial charge is 0.0575 e. The van der Waals surface area contributed by atoms with Gasteiger partial charge in [-0.25, -0.2) is 0 Å². The van der Waals surface area contributed by atoms with E-state index < -0.39 is 0 Å². The normalized spacial score (nSPS) is 28.5.